The summed E-state index contributed by atoms with van der Waals surface area (Å²) in [5.74, 6) is 0.0715. The lowest BCUT2D eigenvalue weighted by atomic mass is 10.2. The van der Waals surface area contributed by atoms with Crippen LogP contribution in [0.2, 0.25) is 0 Å². The highest BCUT2D eigenvalue weighted by Gasteiger charge is 2.10. The number of methoxy groups -OCH3 is 1. The molecule has 4 heteroatoms. The molecule has 0 aliphatic carbocycles. The quantitative estimate of drug-likeness (QED) is 0.563. The number of rotatable bonds is 9. The molecule has 1 unspecified atom stereocenters. The molecule has 0 radical (unpaired) electrons. The third-order valence-electron chi connectivity index (χ3n) is 2.23. The maximum absolute atomic E-state index is 11.5. The van der Waals surface area contributed by atoms with Gasteiger partial charge in [-0.2, -0.15) is 0 Å². The number of hydrogen-bond donors (Lipinski definition) is 2. The van der Waals surface area contributed by atoms with Crippen LogP contribution in [0.5, 0.6) is 0 Å². The zero-order valence-electron chi connectivity index (χ0n) is 10.1. The third-order valence-corrected chi connectivity index (χ3v) is 2.23. The number of amides is 1. The first kappa shape index (κ1) is 14.4. The molecule has 0 spiro atoms. The van der Waals surface area contributed by atoms with E-state index >= 15 is 0 Å². The van der Waals surface area contributed by atoms with Gasteiger partial charge in [0.15, 0.2) is 0 Å². The van der Waals surface area contributed by atoms with Crippen LogP contribution >= 0.6 is 0 Å². The van der Waals surface area contributed by atoms with E-state index in [9.17, 15) is 4.79 Å². The Morgan fingerprint density at radius 2 is 2.07 bits per heavy atom. The van der Waals surface area contributed by atoms with E-state index < -0.39 is 0 Å². The summed E-state index contributed by atoms with van der Waals surface area (Å²) >= 11 is 0. The van der Waals surface area contributed by atoms with E-state index in [1.165, 1.54) is 12.8 Å². The van der Waals surface area contributed by atoms with Crippen molar-refractivity contribution in [3.05, 3.63) is 0 Å². The van der Waals surface area contributed by atoms with Crippen LogP contribution in [0.25, 0.3) is 0 Å². The fourth-order valence-corrected chi connectivity index (χ4v) is 1.21. The second kappa shape index (κ2) is 9.93. The molecular weight excluding hydrogens is 192 g/mol. The van der Waals surface area contributed by atoms with Gasteiger partial charge in [0.1, 0.15) is 0 Å². The maximum Gasteiger partial charge on any atom is 0.236 e. The van der Waals surface area contributed by atoms with Crippen LogP contribution in [-0.4, -0.2) is 38.8 Å². The number of nitrogens with one attached hydrogen (secondary N) is 2. The number of carbonyl (C=O) groups is 1. The highest BCUT2D eigenvalue weighted by Crippen LogP contribution is 1.91. The predicted molar refractivity (Wildman–Crippen MR) is 61.9 cm³/mol. The molecule has 90 valence electrons. The van der Waals surface area contributed by atoms with Crippen LogP contribution < -0.4 is 10.6 Å². The van der Waals surface area contributed by atoms with Gasteiger partial charge in [-0.1, -0.05) is 19.8 Å². The van der Waals surface area contributed by atoms with Crippen molar-refractivity contribution in [2.45, 2.75) is 39.2 Å². The molecule has 15 heavy (non-hydrogen) atoms. The Morgan fingerprint density at radius 3 is 2.67 bits per heavy atom. The second-order valence-corrected chi connectivity index (χ2v) is 3.67. The fourth-order valence-electron chi connectivity index (χ4n) is 1.21. The Bertz CT molecular complexity index is 163. The van der Waals surface area contributed by atoms with E-state index in [4.69, 9.17) is 4.74 Å². The first-order chi connectivity index (χ1) is 7.22. The van der Waals surface area contributed by atoms with Crippen LogP contribution in [0.3, 0.4) is 0 Å². The molecule has 0 heterocycles. The minimum absolute atomic E-state index is 0.0715. The molecule has 0 rings (SSSR count). The summed E-state index contributed by atoms with van der Waals surface area (Å²) in [6.07, 6.45) is 3.41. The van der Waals surface area contributed by atoms with Crippen LogP contribution in [-0.2, 0) is 9.53 Å². The largest absolute Gasteiger partial charge is 0.383 e. The first-order valence-corrected chi connectivity index (χ1v) is 5.72. The summed E-state index contributed by atoms with van der Waals surface area (Å²) in [5, 5.41) is 5.99. The average molecular weight is 216 g/mol. The zero-order valence-corrected chi connectivity index (χ0v) is 10.1. The zero-order chi connectivity index (χ0) is 11.5. The number of carbonyl (C=O) groups excluding carboxylic acids is 1. The second-order valence-electron chi connectivity index (χ2n) is 3.67. The average Bonchev–Trinajstić information content (AvgIpc) is 2.24. The van der Waals surface area contributed by atoms with Crippen LogP contribution in [0, 0.1) is 0 Å². The SMILES string of the molecule is CCCCCNC(=O)C(C)NCCOC. The topological polar surface area (TPSA) is 50.4 Å². The van der Waals surface area contributed by atoms with Crippen molar-refractivity contribution in [2.75, 3.05) is 26.8 Å². The van der Waals surface area contributed by atoms with Gasteiger partial charge in [-0.3, -0.25) is 4.79 Å². The van der Waals surface area contributed by atoms with E-state index in [-0.39, 0.29) is 11.9 Å². The van der Waals surface area contributed by atoms with Gasteiger partial charge in [0, 0.05) is 20.2 Å². The number of unbranched alkanes of at least 4 members (excludes halogenated alkanes) is 2. The summed E-state index contributed by atoms with van der Waals surface area (Å²) in [7, 11) is 1.65. The van der Waals surface area contributed by atoms with Crippen molar-refractivity contribution >= 4 is 5.91 Å². The molecular formula is C11H24N2O2. The molecule has 0 aromatic rings. The first-order valence-electron chi connectivity index (χ1n) is 5.72. The van der Waals surface area contributed by atoms with Gasteiger partial charge in [-0.15, -0.1) is 0 Å². The Morgan fingerprint density at radius 1 is 1.33 bits per heavy atom. The number of hydrogen-bond acceptors (Lipinski definition) is 3. The van der Waals surface area contributed by atoms with Gasteiger partial charge in [0.05, 0.1) is 12.6 Å². The van der Waals surface area contributed by atoms with Gasteiger partial charge >= 0.3 is 0 Å². The van der Waals surface area contributed by atoms with Crippen molar-refractivity contribution < 1.29 is 9.53 Å². The molecule has 0 aliphatic heterocycles. The highest BCUT2D eigenvalue weighted by atomic mass is 16.5. The summed E-state index contributed by atoms with van der Waals surface area (Å²) < 4.78 is 4.89. The van der Waals surface area contributed by atoms with E-state index in [1.54, 1.807) is 7.11 Å². The van der Waals surface area contributed by atoms with Gasteiger partial charge in [0.25, 0.3) is 0 Å². The molecule has 1 atom stereocenters. The standard InChI is InChI=1S/C11H24N2O2/c1-4-5-6-7-13-11(14)10(2)12-8-9-15-3/h10,12H,4-9H2,1-3H3,(H,13,14). The summed E-state index contributed by atoms with van der Waals surface area (Å²) in [4.78, 5) is 11.5. The molecule has 0 saturated carbocycles. The molecule has 0 fully saturated rings. The van der Waals surface area contributed by atoms with Crippen LogP contribution in [0.1, 0.15) is 33.1 Å². The van der Waals surface area contributed by atoms with Crippen LogP contribution in [0.4, 0.5) is 0 Å². The molecule has 0 aromatic carbocycles. The highest BCUT2D eigenvalue weighted by molar-refractivity contribution is 5.81. The van der Waals surface area contributed by atoms with Crippen molar-refractivity contribution in [3.63, 3.8) is 0 Å². The Kier molecular flexibility index (Phi) is 9.52. The monoisotopic (exact) mass is 216 g/mol. The third kappa shape index (κ3) is 8.39. The van der Waals surface area contributed by atoms with Gasteiger partial charge in [-0.25, -0.2) is 0 Å². The molecule has 0 bridgehead atoms. The fraction of sp³-hybridized carbons (Fsp3) is 0.909. The Balaban J connectivity index is 3.42. The summed E-state index contributed by atoms with van der Waals surface area (Å²) in [6.45, 7) is 6.14. The van der Waals surface area contributed by atoms with Crippen molar-refractivity contribution in [1.29, 1.82) is 0 Å². The molecule has 0 saturated heterocycles. The molecule has 2 N–H and O–H groups in total. The van der Waals surface area contributed by atoms with Gasteiger partial charge < -0.3 is 15.4 Å². The van der Waals surface area contributed by atoms with E-state index in [0.717, 1.165) is 13.0 Å². The van der Waals surface area contributed by atoms with Crippen LogP contribution in [0.15, 0.2) is 0 Å². The van der Waals surface area contributed by atoms with Crippen molar-refractivity contribution in [1.82, 2.24) is 10.6 Å². The minimum Gasteiger partial charge on any atom is -0.383 e. The van der Waals surface area contributed by atoms with Gasteiger partial charge in [0.2, 0.25) is 5.91 Å². The summed E-state index contributed by atoms with van der Waals surface area (Å²) in [5.41, 5.74) is 0. The smallest absolute Gasteiger partial charge is 0.236 e. The van der Waals surface area contributed by atoms with E-state index in [1.807, 2.05) is 6.92 Å². The van der Waals surface area contributed by atoms with Crippen molar-refractivity contribution in [2.24, 2.45) is 0 Å². The normalized spacial score (nSPS) is 12.5. The van der Waals surface area contributed by atoms with E-state index in [0.29, 0.717) is 13.2 Å². The molecule has 0 aromatic heterocycles. The molecule has 0 aliphatic rings. The lowest BCUT2D eigenvalue weighted by Crippen LogP contribution is -2.43. The Hall–Kier alpha value is -0.610. The van der Waals surface area contributed by atoms with E-state index in [2.05, 4.69) is 17.6 Å². The molecule has 4 nitrogen and oxygen atoms in total. The lowest BCUT2D eigenvalue weighted by molar-refractivity contribution is -0.122. The Labute approximate surface area is 92.8 Å². The summed E-state index contributed by atoms with van der Waals surface area (Å²) in [6, 6.07) is -0.137. The van der Waals surface area contributed by atoms with Crippen molar-refractivity contribution in [3.8, 4) is 0 Å². The van der Waals surface area contributed by atoms with Gasteiger partial charge in [-0.05, 0) is 13.3 Å². The molecule has 1 amide bonds. The maximum atomic E-state index is 11.5. The minimum atomic E-state index is -0.137. The number of ether oxygens (including phenoxy) is 1. The predicted octanol–water partition coefficient (Wildman–Crippen LogP) is 0.917. The lowest BCUT2D eigenvalue weighted by Gasteiger charge is -2.13.